The van der Waals surface area contributed by atoms with Gasteiger partial charge in [0.2, 0.25) is 0 Å². The fourth-order valence-electron chi connectivity index (χ4n) is 3.06. The van der Waals surface area contributed by atoms with Crippen molar-refractivity contribution in [2.24, 2.45) is 0 Å². The summed E-state index contributed by atoms with van der Waals surface area (Å²) in [6.07, 6.45) is 1.72. The quantitative estimate of drug-likeness (QED) is 0.926. The third kappa shape index (κ3) is 2.38. The van der Waals surface area contributed by atoms with Crippen LogP contribution in [-0.2, 0) is 19.4 Å². The fraction of sp³-hybridized carbons (Fsp3) is 0.471. The molecule has 0 bridgehead atoms. The van der Waals surface area contributed by atoms with Crippen LogP contribution in [0.4, 0.5) is 0 Å². The topological polar surface area (TPSA) is 38.0 Å². The number of aliphatic hydroxyl groups excluding tert-OH is 1. The van der Waals surface area contributed by atoms with Gasteiger partial charge in [-0.15, -0.1) is 0 Å². The van der Waals surface area contributed by atoms with E-state index in [1.54, 1.807) is 0 Å². The van der Waals surface area contributed by atoms with Gasteiger partial charge in [-0.05, 0) is 44.7 Å². The highest BCUT2D eigenvalue weighted by atomic mass is 16.3. The lowest BCUT2D eigenvalue weighted by atomic mass is 10.0. The molecule has 1 aromatic carbocycles. The van der Waals surface area contributed by atoms with Crippen LogP contribution in [0, 0.1) is 20.8 Å². The maximum Gasteiger partial charge on any atom is 0.0718 e. The first kappa shape index (κ1) is 14.8. The Morgan fingerprint density at radius 3 is 2.10 bits per heavy atom. The zero-order valence-electron chi connectivity index (χ0n) is 13.1. The molecule has 2 aromatic rings. The normalized spacial score (nSPS) is 11.1. The summed E-state index contributed by atoms with van der Waals surface area (Å²) in [4.78, 5) is 0. The molecule has 0 radical (unpaired) electrons. The Hall–Kier alpha value is -1.61. The van der Waals surface area contributed by atoms with Crippen molar-refractivity contribution in [2.75, 3.05) is 0 Å². The van der Waals surface area contributed by atoms with E-state index in [4.69, 9.17) is 5.10 Å². The van der Waals surface area contributed by atoms with Gasteiger partial charge >= 0.3 is 0 Å². The Bertz CT molecular complexity index is 603. The van der Waals surface area contributed by atoms with Gasteiger partial charge in [-0.2, -0.15) is 5.10 Å². The van der Waals surface area contributed by atoms with Crippen LogP contribution in [0.15, 0.2) is 12.1 Å². The lowest BCUT2D eigenvalue weighted by Gasteiger charge is -2.14. The molecule has 0 saturated heterocycles. The molecule has 0 spiro atoms. The molecule has 0 unspecified atom stereocenters. The first-order valence-corrected chi connectivity index (χ1v) is 7.32. The summed E-state index contributed by atoms with van der Waals surface area (Å²) in [7, 11) is 0. The fourth-order valence-corrected chi connectivity index (χ4v) is 3.06. The largest absolute Gasteiger partial charge is 0.392 e. The van der Waals surface area contributed by atoms with Crippen LogP contribution in [-0.4, -0.2) is 14.9 Å². The van der Waals surface area contributed by atoms with Gasteiger partial charge in [-0.1, -0.05) is 31.5 Å². The molecule has 3 nitrogen and oxygen atoms in total. The van der Waals surface area contributed by atoms with E-state index in [0.29, 0.717) is 0 Å². The first-order chi connectivity index (χ1) is 9.53. The van der Waals surface area contributed by atoms with Crippen molar-refractivity contribution in [1.29, 1.82) is 0 Å². The number of aliphatic hydroxyl groups is 1. The zero-order valence-corrected chi connectivity index (χ0v) is 13.1. The lowest BCUT2D eigenvalue weighted by molar-refractivity contribution is 0.279. The molecule has 0 aliphatic carbocycles. The number of nitrogens with zero attached hydrogens (tertiary/aromatic N) is 2. The standard InChI is InChI=1S/C17H24N2O/c1-6-15-14(10-20)16(7-2)19(18-15)17-12(4)8-11(3)9-13(17)5/h8-9,20H,6-7,10H2,1-5H3. The summed E-state index contributed by atoms with van der Waals surface area (Å²) in [5.41, 5.74) is 8.00. The Labute approximate surface area is 121 Å². The Kier molecular flexibility index (Phi) is 4.29. The van der Waals surface area contributed by atoms with Crippen LogP contribution < -0.4 is 0 Å². The van der Waals surface area contributed by atoms with E-state index in [2.05, 4.69) is 46.8 Å². The van der Waals surface area contributed by atoms with Crippen molar-refractivity contribution in [3.8, 4) is 5.69 Å². The van der Waals surface area contributed by atoms with Crippen LogP contribution in [0.3, 0.4) is 0 Å². The molecule has 0 aliphatic heterocycles. The number of rotatable bonds is 4. The molecule has 108 valence electrons. The third-order valence-corrected chi connectivity index (χ3v) is 3.85. The van der Waals surface area contributed by atoms with E-state index >= 15 is 0 Å². The molecule has 1 heterocycles. The summed E-state index contributed by atoms with van der Waals surface area (Å²) in [6.45, 7) is 10.6. The van der Waals surface area contributed by atoms with Crippen LogP contribution in [0.2, 0.25) is 0 Å². The van der Waals surface area contributed by atoms with Crippen LogP contribution in [0.25, 0.3) is 5.69 Å². The van der Waals surface area contributed by atoms with Crippen molar-refractivity contribution < 1.29 is 5.11 Å². The van der Waals surface area contributed by atoms with E-state index in [1.807, 2.05) is 4.68 Å². The Balaban J connectivity index is 2.73. The molecule has 2 rings (SSSR count). The minimum atomic E-state index is 0.0658. The van der Waals surface area contributed by atoms with Crippen molar-refractivity contribution in [1.82, 2.24) is 9.78 Å². The molecule has 0 fully saturated rings. The van der Waals surface area contributed by atoms with E-state index in [1.165, 1.54) is 16.7 Å². The van der Waals surface area contributed by atoms with Crippen LogP contribution in [0.5, 0.6) is 0 Å². The second-order valence-electron chi connectivity index (χ2n) is 5.40. The molecule has 0 aliphatic rings. The van der Waals surface area contributed by atoms with Crippen molar-refractivity contribution in [2.45, 2.75) is 54.1 Å². The molecular formula is C17H24N2O. The minimum Gasteiger partial charge on any atom is -0.392 e. The highest BCUT2D eigenvalue weighted by Crippen LogP contribution is 2.26. The third-order valence-electron chi connectivity index (χ3n) is 3.85. The maximum atomic E-state index is 9.65. The number of benzene rings is 1. The van der Waals surface area contributed by atoms with E-state index in [-0.39, 0.29) is 6.61 Å². The summed E-state index contributed by atoms with van der Waals surface area (Å²) >= 11 is 0. The summed E-state index contributed by atoms with van der Waals surface area (Å²) < 4.78 is 2.04. The molecule has 20 heavy (non-hydrogen) atoms. The SMILES string of the molecule is CCc1nn(-c2c(C)cc(C)cc2C)c(CC)c1CO. The second kappa shape index (κ2) is 5.80. The summed E-state index contributed by atoms with van der Waals surface area (Å²) in [5, 5.41) is 14.4. The predicted molar refractivity (Wildman–Crippen MR) is 82.5 cm³/mol. The van der Waals surface area contributed by atoms with Gasteiger partial charge in [0.15, 0.2) is 0 Å². The smallest absolute Gasteiger partial charge is 0.0718 e. The molecule has 0 saturated carbocycles. The monoisotopic (exact) mass is 272 g/mol. The Morgan fingerprint density at radius 1 is 1.05 bits per heavy atom. The van der Waals surface area contributed by atoms with Gasteiger partial charge in [-0.3, -0.25) is 0 Å². The van der Waals surface area contributed by atoms with Crippen molar-refractivity contribution in [3.63, 3.8) is 0 Å². The van der Waals surface area contributed by atoms with Gasteiger partial charge in [0.05, 0.1) is 18.0 Å². The predicted octanol–water partition coefficient (Wildman–Crippen LogP) is 3.41. The number of hydrogen-bond donors (Lipinski definition) is 1. The van der Waals surface area contributed by atoms with Gasteiger partial charge in [0.25, 0.3) is 0 Å². The number of aromatic nitrogens is 2. The van der Waals surface area contributed by atoms with E-state index in [0.717, 1.165) is 35.5 Å². The second-order valence-corrected chi connectivity index (χ2v) is 5.40. The molecule has 0 atom stereocenters. The van der Waals surface area contributed by atoms with Crippen molar-refractivity contribution >= 4 is 0 Å². The van der Waals surface area contributed by atoms with Gasteiger partial charge < -0.3 is 5.11 Å². The summed E-state index contributed by atoms with van der Waals surface area (Å²) in [5.74, 6) is 0. The zero-order chi connectivity index (χ0) is 14.9. The molecule has 3 heteroatoms. The average molecular weight is 272 g/mol. The van der Waals surface area contributed by atoms with Crippen LogP contribution in [0.1, 0.15) is 47.5 Å². The molecule has 0 amide bonds. The highest BCUT2D eigenvalue weighted by Gasteiger charge is 2.18. The Morgan fingerprint density at radius 2 is 1.65 bits per heavy atom. The molecule has 1 N–H and O–H groups in total. The van der Waals surface area contributed by atoms with Crippen molar-refractivity contribution in [3.05, 3.63) is 45.8 Å². The van der Waals surface area contributed by atoms with Crippen LogP contribution >= 0.6 is 0 Å². The summed E-state index contributed by atoms with van der Waals surface area (Å²) in [6, 6.07) is 4.38. The van der Waals surface area contributed by atoms with Gasteiger partial charge in [-0.25, -0.2) is 4.68 Å². The maximum absolute atomic E-state index is 9.65. The molecular weight excluding hydrogens is 248 g/mol. The lowest BCUT2D eigenvalue weighted by Crippen LogP contribution is -2.07. The average Bonchev–Trinajstić information content (AvgIpc) is 2.74. The van der Waals surface area contributed by atoms with Gasteiger partial charge in [0.1, 0.15) is 0 Å². The van der Waals surface area contributed by atoms with Gasteiger partial charge in [0, 0.05) is 11.3 Å². The highest BCUT2D eigenvalue weighted by molar-refractivity contribution is 5.50. The number of hydrogen-bond acceptors (Lipinski definition) is 2. The number of aryl methyl sites for hydroxylation is 4. The van der Waals surface area contributed by atoms with E-state index < -0.39 is 0 Å². The van der Waals surface area contributed by atoms with E-state index in [9.17, 15) is 5.11 Å². The minimum absolute atomic E-state index is 0.0658. The molecule has 1 aromatic heterocycles. The first-order valence-electron chi connectivity index (χ1n) is 7.32.